The second-order valence-corrected chi connectivity index (χ2v) is 7.26. The van der Waals surface area contributed by atoms with E-state index in [0.29, 0.717) is 11.3 Å². The number of carbonyl (C=O) groups is 1. The van der Waals surface area contributed by atoms with E-state index in [1.807, 2.05) is 18.2 Å². The third-order valence-corrected chi connectivity index (χ3v) is 5.27. The van der Waals surface area contributed by atoms with Crippen LogP contribution < -0.4 is 10.2 Å². The van der Waals surface area contributed by atoms with Gasteiger partial charge in [-0.25, -0.2) is 13.9 Å². The molecule has 6 nitrogen and oxygen atoms in total. The summed E-state index contributed by atoms with van der Waals surface area (Å²) < 4.78 is 15.3. The molecule has 5 rings (SSSR count). The van der Waals surface area contributed by atoms with Gasteiger partial charge in [0, 0.05) is 12.6 Å². The largest absolute Gasteiger partial charge is 0.348 e. The highest BCUT2D eigenvalue weighted by atomic mass is 19.1. The maximum Gasteiger partial charge on any atom is 0.271 e. The molecule has 1 saturated carbocycles. The molecule has 7 heteroatoms. The normalized spacial score (nSPS) is 19.6. The van der Waals surface area contributed by atoms with Crippen molar-refractivity contribution < 1.29 is 9.18 Å². The number of hydrogen-bond donors (Lipinski definition) is 1. The minimum atomic E-state index is -0.226. The van der Waals surface area contributed by atoms with E-state index >= 15 is 0 Å². The SMILES string of the molecule is O=C(NC1CC1)c1cnc2ccc(N3CCC[C@@H]3c3cccc(F)c3)nn12. The van der Waals surface area contributed by atoms with Crippen LogP contribution in [0, 0.1) is 5.82 Å². The Kier molecular flexibility index (Phi) is 3.81. The maximum absolute atomic E-state index is 13.7. The first-order valence-corrected chi connectivity index (χ1v) is 9.37. The molecule has 1 saturated heterocycles. The van der Waals surface area contributed by atoms with Crippen molar-refractivity contribution in [1.29, 1.82) is 0 Å². The molecular weight excluding hydrogens is 345 g/mol. The Morgan fingerprint density at radius 3 is 2.89 bits per heavy atom. The lowest BCUT2D eigenvalue weighted by Gasteiger charge is -2.26. The molecule has 0 unspecified atom stereocenters. The van der Waals surface area contributed by atoms with Crippen LogP contribution in [0.5, 0.6) is 0 Å². The molecule has 1 aliphatic carbocycles. The van der Waals surface area contributed by atoms with Crippen molar-refractivity contribution in [3.63, 3.8) is 0 Å². The minimum absolute atomic E-state index is 0.0814. The van der Waals surface area contributed by atoms with Crippen molar-refractivity contribution in [1.82, 2.24) is 19.9 Å². The fraction of sp³-hybridized carbons (Fsp3) is 0.350. The van der Waals surface area contributed by atoms with Crippen molar-refractivity contribution in [3.8, 4) is 0 Å². The van der Waals surface area contributed by atoms with E-state index in [2.05, 4.69) is 20.3 Å². The number of nitrogens with zero attached hydrogens (tertiary/aromatic N) is 4. The van der Waals surface area contributed by atoms with Gasteiger partial charge in [0.05, 0.1) is 12.2 Å². The number of halogens is 1. The van der Waals surface area contributed by atoms with E-state index in [-0.39, 0.29) is 23.8 Å². The summed E-state index contributed by atoms with van der Waals surface area (Å²) in [6, 6.07) is 10.9. The summed E-state index contributed by atoms with van der Waals surface area (Å²) in [5.74, 6) is 0.405. The molecule has 3 aromatic rings. The lowest BCUT2D eigenvalue weighted by Crippen LogP contribution is -2.28. The van der Waals surface area contributed by atoms with Gasteiger partial charge in [-0.2, -0.15) is 0 Å². The number of benzene rings is 1. The van der Waals surface area contributed by atoms with Crippen molar-refractivity contribution in [2.45, 2.75) is 37.8 Å². The number of fused-ring (bicyclic) bond motifs is 1. The molecule has 0 radical (unpaired) electrons. The number of nitrogens with one attached hydrogen (secondary N) is 1. The summed E-state index contributed by atoms with van der Waals surface area (Å²) in [5.41, 5.74) is 2.04. The third-order valence-electron chi connectivity index (χ3n) is 5.27. The zero-order chi connectivity index (χ0) is 18.4. The standard InChI is InChI=1S/C20H20FN5O/c21-14-4-1-3-13(11-14)16-5-2-10-25(16)19-9-8-18-22-12-17(26(18)24-19)20(27)23-15-6-7-15/h1,3-4,8-9,11-12,15-16H,2,5-7,10H2,(H,23,27)/t16-/m1/s1. The fourth-order valence-corrected chi connectivity index (χ4v) is 3.76. The molecule has 1 N–H and O–H groups in total. The van der Waals surface area contributed by atoms with E-state index < -0.39 is 0 Å². The van der Waals surface area contributed by atoms with E-state index in [1.54, 1.807) is 22.8 Å². The molecule has 138 valence electrons. The molecule has 1 atom stereocenters. The van der Waals surface area contributed by atoms with Gasteiger partial charge in [-0.15, -0.1) is 5.10 Å². The van der Waals surface area contributed by atoms with E-state index in [9.17, 15) is 9.18 Å². The molecular formula is C20H20FN5O. The molecule has 0 bridgehead atoms. The van der Waals surface area contributed by atoms with Crippen molar-refractivity contribution in [3.05, 3.63) is 59.7 Å². The first kappa shape index (κ1) is 16.2. The van der Waals surface area contributed by atoms with Gasteiger partial charge in [0.15, 0.2) is 11.3 Å². The Hall–Kier alpha value is -2.96. The number of hydrogen-bond acceptors (Lipinski definition) is 4. The molecule has 1 aromatic carbocycles. The van der Waals surface area contributed by atoms with Gasteiger partial charge in [0.1, 0.15) is 11.6 Å². The van der Waals surface area contributed by atoms with Gasteiger partial charge in [0.25, 0.3) is 5.91 Å². The fourth-order valence-electron chi connectivity index (χ4n) is 3.76. The van der Waals surface area contributed by atoms with Gasteiger partial charge in [0.2, 0.25) is 0 Å². The number of aromatic nitrogens is 3. The molecule has 1 aliphatic heterocycles. The monoisotopic (exact) mass is 365 g/mol. The average Bonchev–Trinajstić information content (AvgIpc) is 3.20. The maximum atomic E-state index is 13.7. The summed E-state index contributed by atoms with van der Waals surface area (Å²) in [6.45, 7) is 0.845. The molecule has 27 heavy (non-hydrogen) atoms. The predicted molar refractivity (Wildman–Crippen MR) is 99.2 cm³/mol. The first-order chi connectivity index (χ1) is 13.2. The van der Waals surface area contributed by atoms with Crippen molar-refractivity contribution in [2.24, 2.45) is 0 Å². The number of imidazole rings is 1. The Labute approximate surface area is 156 Å². The van der Waals surface area contributed by atoms with Crippen LogP contribution >= 0.6 is 0 Å². The van der Waals surface area contributed by atoms with Gasteiger partial charge >= 0.3 is 0 Å². The lowest BCUT2D eigenvalue weighted by atomic mass is 10.0. The van der Waals surface area contributed by atoms with Gasteiger partial charge in [-0.05, 0) is 55.5 Å². The highest BCUT2D eigenvalue weighted by molar-refractivity contribution is 5.93. The highest BCUT2D eigenvalue weighted by Crippen LogP contribution is 2.35. The zero-order valence-corrected chi connectivity index (χ0v) is 14.8. The van der Waals surface area contributed by atoms with E-state index in [4.69, 9.17) is 0 Å². The summed E-state index contributed by atoms with van der Waals surface area (Å²) in [7, 11) is 0. The first-order valence-electron chi connectivity index (χ1n) is 9.37. The average molecular weight is 365 g/mol. The summed E-state index contributed by atoms with van der Waals surface area (Å²) in [5, 5.41) is 7.67. The molecule has 1 amide bonds. The van der Waals surface area contributed by atoms with Crippen LogP contribution in [0.25, 0.3) is 5.65 Å². The summed E-state index contributed by atoms with van der Waals surface area (Å²) >= 11 is 0. The van der Waals surface area contributed by atoms with Crippen LogP contribution in [-0.4, -0.2) is 33.1 Å². The number of anilines is 1. The smallest absolute Gasteiger partial charge is 0.271 e. The zero-order valence-electron chi connectivity index (χ0n) is 14.8. The molecule has 3 heterocycles. The van der Waals surface area contributed by atoms with Crippen LogP contribution in [0.15, 0.2) is 42.6 Å². The Balaban J connectivity index is 1.49. The number of amides is 1. The molecule has 2 fully saturated rings. The lowest BCUT2D eigenvalue weighted by molar-refractivity contribution is 0.0944. The van der Waals surface area contributed by atoms with Gasteiger partial charge in [-0.3, -0.25) is 4.79 Å². The van der Waals surface area contributed by atoms with Crippen molar-refractivity contribution in [2.75, 3.05) is 11.4 Å². The summed E-state index contributed by atoms with van der Waals surface area (Å²) in [4.78, 5) is 18.9. The molecule has 0 spiro atoms. The number of rotatable bonds is 4. The second kappa shape index (κ2) is 6.33. The Morgan fingerprint density at radius 1 is 1.19 bits per heavy atom. The van der Waals surface area contributed by atoms with Gasteiger partial charge in [-0.1, -0.05) is 12.1 Å². The molecule has 2 aliphatic rings. The van der Waals surface area contributed by atoms with Crippen LogP contribution in [-0.2, 0) is 0 Å². The van der Waals surface area contributed by atoms with Gasteiger partial charge < -0.3 is 10.2 Å². The highest BCUT2D eigenvalue weighted by Gasteiger charge is 2.29. The number of carbonyl (C=O) groups excluding carboxylic acids is 1. The quantitative estimate of drug-likeness (QED) is 0.772. The minimum Gasteiger partial charge on any atom is -0.348 e. The van der Waals surface area contributed by atoms with E-state index in [0.717, 1.165) is 43.6 Å². The Bertz CT molecular complexity index is 1010. The van der Waals surface area contributed by atoms with Crippen LogP contribution in [0.2, 0.25) is 0 Å². The second-order valence-electron chi connectivity index (χ2n) is 7.26. The summed E-state index contributed by atoms with van der Waals surface area (Å²) in [6.07, 6.45) is 5.59. The third kappa shape index (κ3) is 3.03. The van der Waals surface area contributed by atoms with Crippen LogP contribution in [0.3, 0.4) is 0 Å². The van der Waals surface area contributed by atoms with E-state index in [1.165, 1.54) is 6.07 Å². The Morgan fingerprint density at radius 2 is 2.07 bits per heavy atom. The topological polar surface area (TPSA) is 62.5 Å². The molecule has 2 aromatic heterocycles. The van der Waals surface area contributed by atoms with Crippen LogP contribution in [0.1, 0.15) is 47.8 Å². The van der Waals surface area contributed by atoms with Crippen molar-refractivity contribution >= 4 is 17.4 Å². The predicted octanol–water partition coefficient (Wildman–Crippen LogP) is 3.10. The van der Waals surface area contributed by atoms with Crippen LogP contribution in [0.4, 0.5) is 10.2 Å².